The van der Waals surface area contributed by atoms with Gasteiger partial charge in [-0.1, -0.05) is 0 Å². The van der Waals surface area contributed by atoms with Gasteiger partial charge in [-0.15, -0.1) is 11.3 Å². The fraction of sp³-hybridized carbons (Fsp3) is 0.333. The summed E-state index contributed by atoms with van der Waals surface area (Å²) in [5, 5.41) is 10.2. The summed E-state index contributed by atoms with van der Waals surface area (Å²) < 4.78 is 2.29. The van der Waals surface area contributed by atoms with E-state index in [1.54, 1.807) is 29.4 Å². The van der Waals surface area contributed by atoms with Crippen molar-refractivity contribution < 1.29 is 4.79 Å². The van der Waals surface area contributed by atoms with Gasteiger partial charge in [0.25, 0.3) is 0 Å². The standard InChI is InChI=1S/C15H16N8O2S/c24-12(11-22-15(25)23(19-18-22)13-3-1-10-26-13)20-6-8-21(9-7-20)14-16-4-2-5-17-14/h1-5,10H,6-9,11H2. The maximum atomic E-state index is 12.5. The Morgan fingerprint density at radius 2 is 1.85 bits per heavy atom. The van der Waals surface area contributed by atoms with Crippen LogP contribution in [0.4, 0.5) is 5.95 Å². The van der Waals surface area contributed by atoms with E-state index in [1.807, 2.05) is 16.3 Å². The molecule has 1 aliphatic rings. The smallest absolute Gasteiger partial charge is 0.338 e. The topological polar surface area (TPSA) is 102 Å². The number of carbonyl (C=O) groups is 1. The third kappa shape index (κ3) is 3.20. The number of hydrogen-bond acceptors (Lipinski definition) is 8. The van der Waals surface area contributed by atoms with Gasteiger partial charge in [-0.25, -0.2) is 14.8 Å². The van der Waals surface area contributed by atoms with Gasteiger partial charge in [-0.05, 0) is 34.0 Å². The second kappa shape index (κ2) is 7.04. The Morgan fingerprint density at radius 3 is 2.54 bits per heavy atom. The van der Waals surface area contributed by atoms with Gasteiger partial charge in [0.05, 0.1) is 0 Å². The molecule has 0 bridgehead atoms. The van der Waals surface area contributed by atoms with Crippen LogP contribution >= 0.6 is 11.3 Å². The molecule has 1 saturated heterocycles. The van der Waals surface area contributed by atoms with E-state index in [9.17, 15) is 9.59 Å². The maximum Gasteiger partial charge on any atom is 0.369 e. The molecule has 3 aromatic rings. The Morgan fingerprint density at radius 1 is 1.08 bits per heavy atom. The Labute approximate surface area is 152 Å². The van der Waals surface area contributed by atoms with Crippen molar-refractivity contribution >= 4 is 23.2 Å². The molecule has 0 saturated carbocycles. The number of anilines is 1. The normalized spacial score (nSPS) is 14.6. The summed E-state index contributed by atoms with van der Waals surface area (Å²) in [6, 6.07) is 5.37. The lowest BCUT2D eigenvalue weighted by Gasteiger charge is -2.34. The molecule has 0 N–H and O–H groups in total. The predicted molar refractivity (Wildman–Crippen MR) is 94.3 cm³/mol. The van der Waals surface area contributed by atoms with Crippen LogP contribution in [0.15, 0.2) is 40.8 Å². The highest BCUT2D eigenvalue weighted by molar-refractivity contribution is 7.12. The lowest BCUT2D eigenvalue weighted by molar-refractivity contribution is -0.132. The number of tetrazole rings is 1. The zero-order valence-electron chi connectivity index (χ0n) is 13.8. The average molecular weight is 372 g/mol. The van der Waals surface area contributed by atoms with E-state index < -0.39 is 5.69 Å². The molecule has 3 aromatic heterocycles. The SMILES string of the molecule is O=C(Cn1nnn(-c2cccs2)c1=O)N1CCN(c2ncccn2)CC1. The highest BCUT2D eigenvalue weighted by Crippen LogP contribution is 2.11. The lowest BCUT2D eigenvalue weighted by Crippen LogP contribution is -2.50. The van der Waals surface area contributed by atoms with E-state index in [4.69, 9.17) is 0 Å². The number of hydrogen-bond donors (Lipinski definition) is 0. The minimum Gasteiger partial charge on any atom is -0.338 e. The molecule has 4 heterocycles. The maximum absolute atomic E-state index is 12.5. The molecule has 0 spiro atoms. The molecule has 0 radical (unpaired) electrons. The van der Waals surface area contributed by atoms with Crippen LogP contribution in [-0.4, -0.2) is 66.7 Å². The minimum atomic E-state index is -0.419. The van der Waals surface area contributed by atoms with Crippen molar-refractivity contribution in [1.29, 1.82) is 0 Å². The van der Waals surface area contributed by atoms with Gasteiger partial charge < -0.3 is 9.80 Å². The van der Waals surface area contributed by atoms with Crippen LogP contribution in [-0.2, 0) is 11.3 Å². The zero-order valence-corrected chi connectivity index (χ0v) is 14.6. The highest BCUT2D eigenvalue weighted by atomic mass is 32.1. The summed E-state index contributed by atoms with van der Waals surface area (Å²) >= 11 is 1.38. The molecule has 10 nitrogen and oxygen atoms in total. The molecule has 134 valence electrons. The molecule has 26 heavy (non-hydrogen) atoms. The average Bonchev–Trinajstić information content (AvgIpc) is 3.33. The molecular weight excluding hydrogens is 356 g/mol. The first-order valence-corrected chi connectivity index (χ1v) is 8.97. The minimum absolute atomic E-state index is 0.119. The van der Waals surface area contributed by atoms with E-state index in [0.29, 0.717) is 37.1 Å². The van der Waals surface area contributed by atoms with Gasteiger partial charge in [0.1, 0.15) is 11.5 Å². The molecule has 1 amide bonds. The molecule has 4 rings (SSSR count). The molecule has 11 heteroatoms. The van der Waals surface area contributed by atoms with Crippen LogP contribution in [0.25, 0.3) is 5.00 Å². The summed E-state index contributed by atoms with van der Waals surface area (Å²) in [5.74, 6) is 0.508. The highest BCUT2D eigenvalue weighted by Gasteiger charge is 2.23. The Bertz CT molecular complexity index is 928. The van der Waals surface area contributed by atoms with E-state index in [-0.39, 0.29) is 12.5 Å². The number of carbonyl (C=O) groups excluding carboxylic acids is 1. The predicted octanol–water partition coefficient (Wildman–Crippen LogP) is -0.371. The van der Waals surface area contributed by atoms with Crippen LogP contribution in [0.1, 0.15) is 0 Å². The summed E-state index contributed by atoms with van der Waals surface area (Å²) in [7, 11) is 0. The lowest BCUT2D eigenvalue weighted by atomic mass is 10.3. The van der Waals surface area contributed by atoms with Crippen molar-refractivity contribution in [3.63, 3.8) is 0 Å². The van der Waals surface area contributed by atoms with Crippen molar-refractivity contribution in [2.24, 2.45) is 0 Å². The zero-order chi connectivity index (χ0) is 17.9. The van der Waals surface area contributed by atoms with Crippen LogP contribution < -0.4 is 10.6 Å². The molecule has 0 aliphatic carbocycles. The number of piperazine rings is 1. The fourth-order valence-electron chi connectivity index (χ4n) is 2.74. The van der Waals surface area contributed by atoms with E-state index in [0.717, 1.165) is 4.68 Å². The van der Waals surface area contributed by atoms with Gasteiger partial charge in [0, 0.05) is 38.6 Å². The van der Waals surface area contributed by atoms with E-state index in [2.05, 4.69) is 20.4 Å². The molecule has 1 aliphatic heterocycles. The molecule has 0 unspecified atom stereocenters. The Kier molecular flexibility index (Phi) is 4.44. The van der Waals surface area contributed by atoms with Gasteiger partial charge >= 0.3 is 5.69 Å². The monoisotopic (exact) mass is 372 g/mol. The first kappa shape index (κ1) is 16.4. The fourth-order valence-corrected chi connectivity index (χ4v) is 3.41. The Hall–Kier alpha value is -3.08. The Balaban J connectivity index is 1.38. The van der Waals surface area contributed by atoms with Crippen molar-refractivity contribution in [3.8, 4) is 5.00 Å². The van der Waals surface area contributed by atoms with Crippen LogP contribution in [0.5, 0.6) is 0 Å². The van der Waals surface area contributed by atoms with E-state index in [1.165, 1.54) is 16.0 Å². The molecular formula is C15H16N8O2S. The van der Waals surface area contributed by atoms with Crippen molar-refractivity contribution in [2.75, 3.05) is 31.1 Å². The second-order valence-electron chi connectivity index (χ2n) is 5.70. The number of aromatic nitrogens is 6. The summed E-state index contributed by atoms with van der Waals surface area (Å²) in [4.78, 5) is 37.0. The number of nitrogens with zero attached hydrogens (tertiary/aromatic N) is 8. The van der Waals surface area contributed by atoms with Gasteiger partial charge in [0.15, 0.2) is 0 Å². The first-order chi connectivity index (χ1) is 12.7. The largest absolute Gasteiger partial charge is 0.369 e. The third-order valence-corrected chi connectivity index (χ3v) is 4.95. The van der Waals surface area contributed by atoms with Crippen LogP contribution in [0.2, 0.25) is 0 Å². The number of amides is 1. The molecule has 0 aromatic carbocycles. The first-order valence-electron chi connectivity index (χ1n) is 8.09. The van der Waals surface area contributed by atoms with Crippen molar-refractivity contribution in [1.82, 2.24) is 34.7 Å². The molecule has 0 atom stereocenters. The van der Waals surface area contributed by atoms with Gasteiger partial charge in [-0.3, -0.25) is 4.79 Å². The van der Waals surface area contributed by atoms with Crippen LogP contribution in [0, 0.1) is 0 Å². The summed E-state index contributed by atoms with van der Waals surface area (Å²) in [6.45, 7) is 2.26. The van der Waals surface area contributed by atoms with Crippen molar-refractivity contribution in [2.45, 2.75) is 6.54 Å². The summed E-state index contributed by atoms with van der Waals surface area (Å²) in [6.07, 6.45) is 3.40. The second-order valence-corrected chi connectivity index (χ2v) is 6.62. The third-order valence-electron chi connectivity index (χ3n) is 4.11. The number of thiophene rings is 1. The number of rotatable bonds is 4. The van der Waals surface area contributed by atoms with E-state index >= 15 is 0 Å². The quantitative estimate of drug-likeness (QED) is 0.616. The van der Waals surface area contributed by atoms with Crippen LogP contribution in [0.3, 0.4) is 0 Å². The summed E-state index contributed by atoms with van der Waals surface area (Å²) in [5.41, 5.74) is -0.419. The van der Waals surface area contributed by atoms with Crippen molar-refractivity contribution in [3.05, 3.63) is 46.5 Å². The van der Waals surface area contributed by atoms with Gasteiger partial charge in [-0.2, -0.15) is 9.36 Å². The van der Waals surface area contributed by atoms with Gasteiger partial charge in [0.2, 0.25) is 11.9 Å². The molecule has 1 fully saturated rings.